The summed E-state index contributed by atoms with van der Waals surface area (Å²) in [7, 11) is -4.00. The first-order chi connectivity index (χ1) is 12.8. The molecule has 0 saturated heterocycles. The van der Waals surface area contributed by atoms with Gasteiger partial charge in [0.2, 0.25) is 10.0 Å². The molecule has 4 rings (SSSR count). The Labute approximate surface area is 153 Å². The first-order valence-corrected chi connectivity index (χ1v) is 9.52. The summed E-state index contributed by atoms with van der Waals surface area (Å²) < 4.78 is 39.5. The summed E-state index contributed by atoms with van der Waals surface area (Å²) in [5.41, 5.74) is 2.37. The fourth-order valence-electron chi connectivity index (χ4n) is 3.52. The quantitative estimate of drug-likeness (QED) is 0.632. The van der Waals surface area contributed by atoms with Crippen LogP contribution >= 0.6 is 0 Å². The Kier molecular flexibility index (Phi) is 4.02. The molecular weight excluding hydrogens is 375 g/mol. The second-order valence-electron chi connectivity index (χ2n) is 6.29. The number of halogens is 1. The molecule has 3 aromatic rings. The van der Waals surface area contributed by atoms with Crippen molar-refractivity contribution in [3.63, 3.8) is 0 Å². The topological polar surface area (TPSA) is 111 Å². The highest BCUT2D eigenvalue weighted by molar-refractivity contribution is 7.89. The Hall–Kier alpha value is -2.75. The Morgan fingerprint density at radius 2 is 2.00 bits per heavy atom. The number of hydrogen-bond acceptors (Lipinski definition) is 4. The van der Waals surface area contributed by atoms with Crippen LogP contribution < -0.4 is 0 Å². The highest BCUT2D eigenvalue weighted by Gasteiger charge is 2.43. The zero-order valence-electron chi connectivity index (χ0n) is 13.9. The van der Waals surface area contributed by atoms with E-state index in [0.29, 0.717) is 16.6 Å². The number of nitrogens with zero attached hydrogens (tertiary/aromatic N) is 1. The third-order valence-electron chi connectivity index (χ3n) is 4.72. The third-order valence-corrected chi connectivity index (χ3v) is 6.65. The number of aliphatic hydroxyl groups is 1. The van der Waals surface area contributed by atoms with Gasteiger partial charge < -0.3 is 15.2 Å². The minimum atomic E-state index is -4.00. The Balaban J connectivity index is 1.86. The lowest BCUT2D eigenvalue weighted by atomic mass is 9.99. The van der Waals surface area contributed by atoms with E-state index in [9.17, 15) is 22.7 Å². The molecule has 0 amide bonds. The maximum Gasteiger partial charge on any atom is 0.318 e. The number of aliphatic hydroxyl groups excluding tert-OH is 1. The van der Waals surface area contributed by atoms with Crippen molar-refractivity contribution in [3.05, 3.63) is 54.0 Å². The van der Waals surface area contributed by atoms with Gasteiger partial charge in [-0.15, -0.1) is 0 Å². The molecule has 2 aromatic carbocycles. The maximum absolute atomic E-state index is 13.4. The van der Waals surface area contributed by atoms with Crippen molar-refractivity contribution in [1.82, 2.24) is 9.29 Å². The Morgan fingerprint density at radius 1 is 1.22 bits per heavy atom. The number of fused-ring (bicyclic) bond motifs is 2. The van der Waals surface area contributed by atoms with Gasteiger partial charge in [0.05, 0.1) is 17.5 Å². The molecule has 3 N–H and O–H groups in total. The normalized spacial score (nSPS) is 18.7. The van der Waals surface area contributed by atoms with E-state index in [0.717, 1.165) is 15.3 Å². The van der Waals surface area contributed by atoms with Gasteiger partial charge in [-0.05, 0) is 41.5 Å². The molecule has 1 unspecified atom stereocenters. The van der Waals surface area contributed by atoms with E-state index in [4.69, 9.17) is 5.11 Å². The molecule has 27 heavy (non-hydrogen) atoms. The van der Waals surface area contributed by atoms with Crippen LogP contribution in [0.15, 0.2) is 47.5 Å². The highest BCUT2D eigenvalue weighted by atomic mass is 32.2. The lowest BCUT2D eigenvalue weighted by Crippen LogP contribution is -2.34. The monoisotopic (exact) mass is 390 g/mol. The van der Waals surface area contributed by atoms with Crippen LogP contribution in [-0.4, -0.2) is 47.0 Å². The van der Waals surface area contributed by atoms with E-state index >= 15 is 0 Å². The van der Waals surface area contributed by atoms with Gasteiger partial charge in [-0.25, -0.2) is 12.8 Å². The average molecular weight is 390 g/mol. The van der Waals surface area contributed by atoms with Crippen LogP contribution in [-0.2, 0) is 14.8 Å². The maximum atomic E-state index is 13.4. The Bertz CT molecular complexity index is 1170. The third kappa shape index (κ3) is 2.71. The molecule has 0 fully saturated rings. The van der Waals surface area contributed by atoms with Crippen LogP contribution in [0.1, 0.15) is 11.6 Å². The van der Waals surface area contributed by atoms with E-state index < -0.39 is 35.2 Å². The van der Waals surface area contributed by atoms with E-state index in [1.807, 2.05) is 0 Å². The number of carbonyl (C=O) groups is 1. The summed E-state index contributed by atoms with van der Waals surface area (Å²) in [5, 5.41) is 19.5. The van der Waals surface area contributed by atoms with Gasteiger partial charge in [0, 0.05) is 22.7 Å². The number of aromatic amines is 1. The fraction of sp³-hybridized carbons (Fsp3) is 0.167. The lowest BCUT2D eigenvalue weighted by Gasteiger charge is -2.19. The van der Waals surface area contributed by atoms with Crippen molar-refractivity contribution in [2.75, 3.05) is 13.2 Å². The molecule has 0 spiro atoms. The predicted molar refractivity (Wildman–Crippen MR) is 95.0 cm³/mol. The summed E-state index contributed by atoms with van der Waals surface area (Å²) in [6, 6.07) is 8.00. The fourth-order valence-corrected chi connectivity index (χ4v) is 5.30. The van der Waals surface area contributed by atoms with Crippen LogP contribution in [0.2, 0.25) is 0 Å². The number of nitrogens with one attached hydrogen (secondary N) is 1. The van der Waals surface area contributed by atoms with Crippen LogP contribution in [0.25, 0.3) is 22.0 Å². The van der Waals surface area contributed by atoms with Gasteiger partial charge in [0.25, 0.3) is 0 Å². The molecule has 0 radical (unpaired) electrons. The van der Waals surface area contributed by atoms with Gasteiger partial charge in [-0.3, -0.25) is 4.79 Å². The van der Waals surface area contributed by atoms with Crippen LogP contribution in [0, 0.1) is 5.82 Å². The summed E-state index contributed by atoms with van der Waals surface area (Å²) >= 11 is 0. The van der Waals surface area contributed by atoms with Crippen molar-refractivity contribution < 1.29 is 27.8 Å². The van der Waals surface area contributed by atoms with Crippen LogP contribution in [0.5, 0.6) is 0 Å². The molecule has 7 nitrogen and oxygen atoms in total. The number of rotatable bonds is 4. The van der Waals surface area contributed by atoms with Gasteiger partial charge >= 0.3 is 5.97 Å². The van der Waals surface area contributed by atoms with Crippen molar-refractivity contribution in [2.45, 2.75) is 10.9 Å². The molecule has 2 heterocycles. The summed E-state index contributed by atoms with van der Waals surface area (Å²) in [6.45, 7) is -1.27. The van der Waals surface area contributed by atoms with E-state index in [1.54, 1.807) is 24.4 Å². The molecular formula is C18H15FN2O5S. The molecule has 1 aromatic heterocycles. The van der Waals surface area contributed by atoms with Crippen LogP contribution in [0.4, 0.5) is 4.39 Å². The van der Waals surface area contributed by atoms with E-state index in [2.05, 4.69) is 4.98 Å². The number of H-pyrrole nitrogens is 1. The standard InChI is InChI=1S/C18H15FN2O5S/c19-11-2-3-12-14(7-20-15(12)6-11)10-1-4-17-13(5-10)16(9-22)21(8-18(23)24)27(17,25)26/h1-7,16,20,22H,8-9H2,(H,23,24). The van der Waals surface area contributed by atoms with Gasteiger partial charge in [-0.2, -0.15) is 4.31 Å². The number of benzene rings is 2. The van der Waals surface area contributed by atoms with Crippen molar-refractivity contribution in [3.8, 4) is 11.1 Å². The second kappa shape index (κ2) is 6.15. The molecule has 1 atom stereocenters. The van der Waals surface area contributed by atoms with E-state index in [-0.39, 0.29) is 10.7 Å². The SMILES string of the molecule is O=C(O)CN1C(CO)c2cc(-c3c[nH]c4cc(F)ccc34)ccc2S1(=O)=O. The van der Waals surface area contributed by atoms with Crippen molar-refractivity contribution in [2.24, 2.45) is 0 Å². The first kappa shape index (κ1) is 17.7. The summed E-state index contributed by atoms with van der Waals surface area (Å²) in [6.07, 6.45) is 1.69. The van der Waals surface area contributed by atoms with E-state index in [1.165, 1.54) is 18.2 Å². The number of hydrogen-bond donors (Lipinski definition) is 3. The minimum absolute atomic E-state index is 0.0163. The first-order valence-electron chi connectivity index (χ1n) is 8.08. The highest BCUT2D eigenvalue weighted by Crippen LogP contribution is 2.41. The van der Waals surface area contributed by atoms with Gasteiger partial charge in [0.15, 0.2) is 0 Å². The van der Waals surface area contributed by atoms with Gasteiger partial charge in [0.1, 0.15) is 12.4 Å². The summed E-state index contributed by atoms with van der Waals surface area (Å²) in [4.78, 5) is 14.0. The van der Waals surface area contributed by atoms with Crippen molar-refractivity contribution in [1.29, 1.82) is 0 Å². The molecule has 0 saturated carbocycles. The smallest absolute Gasteiger partial charge is 0.318 e. The number of aromatic nitrogens is 1. The largest absolute Gasteiger partial charge is 0.480 e. The molecule has 140 valence electrons. The zero-order chi connectivity index (χ0) is 19.3. The van der Waals surface area contributed by atoms with Crippen LogP contribution in [0.3, 0.4) is 0 Å². The van der Waals surface area contributed by atoms with Crippen molar-refractivity contribution >= 4 is 26.9 Å². The second-order valence-corrected chi connectivity index (χ2v) is 8.15. The molecule has 1 aliphatic heterocycles. The molecule has 1 aliphatic rings. The lowest BCUT2D eigenvalue weighted by molar-refractivity contribution is -0.137. The molecule has 0 aliphatic carbocycles. The minimum Gasteiger partial charge on any atom is -0.480 e. The van der Waals surface area contributed by atoms with Gasteiger partial charge in [-0.1, -0.05) is 6.07 Å². The summed E-state index contributed by atoms with van der Waals surface area (Å²) in [5.74, 6) is -1.68. The number of sulfonamides is 1. The Morgan fingerprint density at radius 3 is 2.70 bits per heavy atom. The number of carboxylic acids is 1. The number of aliphatic carboxylic acids is 1. The number of carboxylic acid groups (broad SMARTS) is 1. The molecule has 9 heteroatoms. The zero-order valence-corrected chi connectivity index (χ0v) is 14.7. The predicted octanol–water partition coefficient (Wildman–Crippen LogP) is 2.10. The molecule has 0 bridgehead atoms. The average Bonchev–Trinajstić information content (AvgIpc) is 3.11.